The number of amides is 1. The summed E-state index contributed by atoms with van der Waals surface area (Å²) in [5.41, 5.74) is 0.451. The Morgan fingerprint density at radius 3 is 2.32 bits per heavy atom. The predicted octanol–water partition coefficient (Wildman–Crippen LogP) is 1.66. The molecule has 0 radical (unpaired) electrons. The number of carbonyl (C=O) groups is 1. The Morgan fingerprint density at radius 2 is 1.79 bits per heavy atom. The monoisotopic (exact) mass is 266 g/mol. The van der Waals surface area contributed by atoms with Crippen LogP contribution in [0.3, 0.4) is 0 Å². The van der Waals surface area contributed by atoms with Gasteiger partial charge < -0.3 is 20.8 Å². The fourth-order valence-corrected chi connectivity index (χ4v) is 1.88. The van der Waals surface area contributed by atoms with Crippen LogP contribution < -0.4 is 10.6 Å². The van der Waals surface area contributed by atoms with Crippen molar-refractivity contribution in [2.24, 2.45) is 0 Å². The van der Waals surface area contributed by atoms with Crippen molar-refractivity contribution < 1.29 is 15.0 Å². The number of phenols is 2. The van der Waals surface area contributed by atoms with E-state index in [2.05, 4.69) is 10.6 Å². The number of carbonyl (C=O) groups excluding carboxylic acids is 1. The highest BCUT2D eigenvalue weighted by Gasteiger charge is 2.14. The van der Waals surface area contributed by atoms with Crippen molar-refractivity contribution in [2.45, 2.75) is 39.3 Å². The Kier molecular flexibility index (Phi) is 5.63. The summed E-state index contributed by atoms with van der Waals surface area (Å²) in [6, 6.07) is 4.54. The predicted molar refractivity (Wildman–Crippen MR) is 74.1 cm³/mol. The largest absolute Gasteiger partial charge is 0.507 e. The SMILES string of the molecule is CC(C)NC(=O)CCNC(C)c1c(O)cccc1O. The van der Waals surface area contributed by atoms with Gasteiger partial charge in [0.15, 0.2) is 0 Å². The molecule has 1 aromatic carbocycles. The third-order valence-corrected chi connectivity index (χ3v) is 2.75. The Morgan fingerprint density at radius 1 is 1.21 bits per heavy atom. The van der Waals surface area contributed by atoms with Crippen LogP contribution in [-0.4, -0.2) is 28.7 Å². The van der Waals surface area contributed by atoms with Crippen LogP contribution in [0.2, 0.25) is 0 Å². The summed E-state index contributed by atoms with van der Waals surface area (Å²) in [7, 11) is 0. The molecule has 1 rings (SSSR count). The molecule has 1 aromatic rings. The van der Waals surface area contributed by atoms with Crippen LogP contribution in [0.1, 0.15) is 38.8 Å². The van der Waals surface area contributed by atoms with Gasteiger partial charge in [0.25, 0.3) is 0 Å². The van der Waals surface area contributed by atoms with E-state index in [1.807, 2.05) is 20.8 Å². The second-order valence-electron chi connectivity index (χ2n) is 4.86. The summed E-state index contributed by atoms with van der Waals surface area (Å²) in [5.74, 6) is 0.0782. The number of benzene rings is 1. The van der Waals surface area contributed by atoms with Crippen molar-refractivity contribution in [3.63, 3.8) is 0 Å². The van der Waals surface area contributed by atoms with Gasteiger partial charge >= 0.3 is 0 Å². The molecule has 4 N–H and O–H groups in total. The Labute approximate surface area is 113 Å². The van der Waals surface area contributed by atoms with Crippen molar-refractivity contribution in [1.29, 1.82) is 0 Å². The zero-order valence-electron chi connectivity index (χ0n) is 11.6. The van der Waals surface area contributed by atoms with Crippen LogP contribution >= 0.6 is 0 Å². The number of hydrogen-bond donors (Lipinski definition) is 4. The van der Waals surface area contributed by atoms with E-state index in [9.17, 15) is 15.0 Å². The average Bonchev–Trinajstić information content (AvgIpc) is 2.27. The first kappa shape index (κ1) is 15.3. The molecule has 0 saturated heterocycles. The standard InChI is InChI=1S/C14H22N2O3/c1-9(2)16-13(19)7-8-15-10(3)14-11(17)5-4-6-12(14)18/h4-6,9-10,15,17-18H,7-8H2,1-3H3,(H,16,19). The van der Waals surface area contributed by atoms with E-state index in [-0.39, 0.29) is 29.5 Å². The number of aromatic hydroxyl groups is 2. The third-order valence-electron chi connectivity index (χ3n) is 2.75. The maximum Gasteiger partial charge on any atom is 0.221 e. The quantitative estimate of drug-likeness (QED) is 0.631. The van der Waals surface area contributed by atoms with Gasteiger partial charge in [0.2, 0.25) is 5.91 Å². The molecule has 0 aliphatic rings. The highest BCUT2D eigenvalue weighted by molar-refractivity contribution is 5.76. The summed E-state index contributed by atoms with van der Waals surface area (Å²) >= 11 is 0. The highest BCUT2D eigenvalue weighted by Crippen LogP contribution is 2.31. The normalized spacial score (nSPS) is 12.4. The summed E-state index contributed by atoms with van der Waals surface area (Å²) < 4.78 is 0. The van der Waals surface area contributed by atoms with E-state index < -0.39 is 0 Å². The lowest BCUT2D eigenvalue weighted by atomic mass is 10.1. The molecule has 0 saturated carbocycles. The number of rotatable bonds is 6. The molecular formula is C14H22N2O3. The minimum absolute atomic E-state index is 0.0174. The Balaban J connectivity index is 2.48. The molecule has 0 spiro atoms. The van der Waals surface area contributed by atoms with Crippen LogP contribution in [0.5, 0.6) is 11.5 Å². The third kappa shape index (κ3) is 4.79. The summed E-state index contributed by atoms with van der Waals surface area (Å²) in [5, 5.41) is 25.3. The van der Waals surface area contributed by atoms with Gasteiger partial charge in [-0.2, -0.15) is 0 Å². The lowest BCUT2D eigenvalue weighted by molar-refractivity contribution is -0.121. The van der Waals surface area contributed by atoms with Crippen LogP contribution in [0.25, 0.3) is 0 Å². The van der Waals surface area contributed by atoms with Gasteiger partial charge in [-0.1, -0.05) is 6.07 Å². The molecule has 106 valence electrons. The lowest BCUT2D eigenvalue weighted by Gasteiger charge is -2.17. The second-order valence-corrected chi connectivity index (χ2v) is 4.86. The second kappa shape index (κ2) is 6.99. The van der Waals surface area contributed by atoms with E-state index in [0.717, 1.165) is 0 Å². The molecule has 1 unspecified atom stereocenters. The smallest absolute Gasteiger partial charge is 0.221 e. The molecule has 0 heterocycles. The fraction of sp³-hybridized carbons (Fsp3) is 0.500. The molecule has 0 fully saturated rings. The van der Waals surface area contributed by atoms with Crippen LogP contribution in [-0.2, 0) is 4.79 Å². The van der Waals surface area contributed by atoms with Crippen molar-refractivity contribution in [3.05, 3.63) is 23.8 Å². The topological polar surface area (TPSA) is 81.6 Å². The highest BCUT2D eigenvalue weighted by atomic mass is 16.3. The van der Waals surface area contributed by atoms with Crippen molar-refractivity contribution in [3.8, 4) is 11.5 Å². The van der Waals surface area contributed by atoms with E-state index in [1.165, 1.54) is 12.1 Å². The van der Waals surface area contributed by atoms with E-state index >= 15 is 0 Å². The van der Waals surface area contributed by atoms with Crippen molar-refractivity contribution >= 4 is 5.91 Å². The molecule has 0 bridgehead atoms. The van der Waals surface area contributed by atoms with Crippen molar-refractivity contribution in [1.82, 2.24) is 10.6 Å². The maximum absolute atomic E-state index is 11.5. The zero-order valence-corrected chi connectivity index (χ0v) is 11.6. The number of phenolic OH excluding ortho intramolecular Hbond substituents is 2. The lowest BCUT2D eigenvalue weighted by Crippen LogP contribution is -2.33. The Hall–Kier alpha value is -1.75. The van der Waals surface area contributed by atoms with Gasteiger partial charge in [0.1, 0.15) is 11.5 Å². The first-order chi connectivity index (χ1) is 8.91. The van der Waals surface area contributed by atoms with Gasteiger partial charge in [-0.05, 0) is 32.9 Å². The maximum atomic E-state index is 11.5. The fourth-order valence-electron chi connectivity index (χ4n) is 1.88. The molecule has 0 aromatic heterocycles. The molecule has 5 heteroatoms. The molecular weight excluding hydrogens is 244 g/mol. The Bertz CT molecular complexity index is 412. The van der Waals surface area contributed by atoms with Gasteiger partial charge in [0.05, 0.1) is 5.56 Å². The van der Waals surface area contributed by atoms with Crippen LogP contribution in [0, 0.1) is 0 Å². The summed E-state index contributed by atoms with van der Waals surface area (Å²) in [6.45, 7) is 6.13. The molecule has 5 nitrogen and oxygen atoms in total. The zero-order chi connectivity index (χ0) is 14.4. The first-order valence-electron chi connectivity index (χ1n) is 6.45. The number of nitrogens with one attached hydrogen (secondary N) is 2. The molecule has 0 aliphatic carbocycles. The van der Waals surface area contributed by atoms with E-state index in [4.69, 9.17) is 0 Å². The minimum Gasteiger partial charge on any atom is -0.507 e. The summed E-state index contributed by atoms with van der Waals surface area (Å²) in [6.07, 6.45) is 0.358. The number of hydrogen-bond acceptors (Lipinski definition) is 4. The summed E-state index contributed by atoms with van der Waals surface area (Å²) in [4.78, 5) is 11.5. The van der Waals surface area contributed by atoms with Gasteiger partial charge in [0, 0.05) is 25.0 Å². The molecule has 1 atom stereocenters. The van der Waals surface area contributed by atoms with Crippen LogP contribution in [0.4, 0.5) is 0 Å². The van der Waals surface area contributed by atoms with Gasteiger partial charge in [-0.15, -0.1) is 0 Å². The van der Waals surface area contributed by atoms with Crippen LogP contribution in [0.15, 0.2) is 18.2 Å². The molecule has 19 heavy (non-hydrogen) atoms. The minimum atomic E-state index is -0.229. The van der Waals surface area contributed by atoms with E-state index in [0.29, 0.717) is 18.5 Å². The first-order valence-corrected chi connectivity index (χ1v) is 6.45. The molecule has 1 amide bonds. The van der Waals surface area contributed by atoms with Gasteiger partial charge in [-0.25, -0.2) is 0 Å². The average molecular weight is 266 g/mol. The van der Waals surface area contributed by atoms with Gasteiger partial charge in [-0.3, -0.25) is 4.79 Å². The van der Waals surface area contributed by atoms with E-state index in [1.54, 1.807) is 6.07 Å². The molecule has 0 aliphatic heterocycles. The van der Waals surface area contributed by atoms with Crippen molar-refractivity contribution in [2.75, 3.05) is 6.54 Å².